The van der Waals surface area contributed by atoms with E-state index >= 15 is 0 Å². The Kier molecular flexibility index (Phi) is 4.45. The molecule has 0 radical (unpaired) electrons. The van der Waals surface area contributed by atoms with Crippen LogP contribution in [-0.4, -0.2) is 15.0 Å². The maximum atomic E-state index is 6.19. The molecule has 108 valence electrons. The molecule has 2 aromatic rings. The van der Waals surface area contributed by atoms with Crippen molar-refractivity contribution in [2.24, 2.45) is 0 Å². The summed E-state index contributed by atoms with van der Waals surface area (Å²) >= 11 is 6.19. The Balaban J connectivity index is 1.99. The van der Waals surface area contributed by atoms with E-state index in [2.05, 4.69) is 43.3 Å². The number of hydrogen-bond acceptors (Lipinski definition) is 3. The second-order valence-corrected chi connectivity index (χ2v) is 6.36. The van der Waals surface area contributed by atoms with Crippen LogP contribution < -0.4 is 5.32 Å². The summed E-state index contributed by atoms with van der Waals surface area (Å²) < 4.78 is 1.88. The third-order valence-corrected chi connectivity index (χ3v) is 3.53. The highest BCUT2D eigenvalue weighted by Crippen LogP contribution is 2.22. The van der Waals surface area contributed by atoms with Crippen LogP contribution in [0.3, 0.4) is 0 Å². The van der Waals surface area contributed by atoms with Gasteiger partial charge in [0.05, 0.1) is 17.4 Å². The highest BCUT2D eigenvalue weighted by atomic mass is 35.5. The molecule has 2 rings (SSSR count). The first-order valence-corrected chi connectivity index (χ1v) is 7.15. The average molecular weight is 293 g/mol. The Morgan fingerprint density at radius 1 is 1.30 bits per heavy atom. The van der Waals surface area contributed by atoms with E-state index in [0.717, 1.165) is 16.3 Å². The lowest BCUT2D eigenvalue weighted by atomic mass is 10.1. The van der Waals surface area contributed by atoms with Crippen LogP contribution >= 0.6 is 11.6 Å². The van der Waals surface area contributed by atoms with Crippen LogP contribution in [0, 0.1) is 0 Å². The Bertz CT molecular complexity index is 571. The molecule has 0 aliphatic rings. The summed E-state index contributed by atoms with van der Waals surface area (Å²) in [6.07, 6.45) is 1.98. The van der Waals surface area contributed by atoms with Crippen LogP contribution in [0.2, 0.25) is 5.02 Å². The fourth-order valence-electron chi connectivity index (χ4n) is 1.90. The van der Waals surface area contributed by atoms with Crippen molar-refractivity contribution >= 4 is 11.6 Å². The first-order valence-electron chi connectivity index (χ1n) is 6.77. The summed E-state index contributed by atoms with van der Waals surface area (Å²) in [6.45, 7) is 9.07. The third-order valence-electron chi connectivity index (χ3n) is 3.19. The van der Waals surface area contributed by atoms with Gasteiger partial charge in [-0.05, 0) is 39.3 Å². The van der Waals surface area contributed by atoms with E-state index in [1.807, 2.05) is 35.1 Å². The van der Waals surface area contributed by atoms with Crippen LogP contribution in [0.25, 0.3) is 0 Å². The first kappa shape index (κ1) is 15.0. The second-order valence-electron chi connectivity index (χ2n) is 5.95. The average Bonchev–Trinajstić information content (AvgIpc) is 2.85. The summed E-state index contributed by atoms with van der Waals surface area (Å²) in [4.78, 5) is 0. The molecule has 0 aliphatic heterocycles. The maximum Gasteiger partial charge on any atom is 0.0965 e. The highest BCUT2D eigenvalue weighted by molar-refractivity contribution is 6.31. The van der Waals surface area contributed by atoms with E-state index < -0.39 is 0 Å². The normalized spacial score (nSPS) is 13.4. The fraction of sp³-hybridized carbons (Fsp3) is 0.467. The molecule has 1 N–H and O–H groups in total. The molecule has 4 nitrogen and oxygen atoms in total. The zero-order valence-electron chi connectivity index (χ0n) is 12.4. The Morgan fingerprint density at radius 2 is 2.00 bits per heavy atom. The molecule has 0 spiro atoms. The molecule has 0 fully saturated rings. The number of aromatic nitrogens is 3. The molecule has 1 unspecified atom stereocenters. The van der Waals surface area contributed by atoms with Gasteiger partial charge in [-0.15, -0.1) is 5.10 Å². The van der Waals surface area contributed by atoms with Crippen molar-refractivity contribution in [3.63, 3.8) is 0 Å². The van der Waals surface area contributed by atoms with E-state index in [9.17, 15) is 0 Å². The van der Waals surface area contributed by atoms with Crippen LogP contribution in [-0.2, 0) is 12.1 Å². The van der Waals surface area contributed by atoms with Crippen LogP contribution in [0.5, 0.6) is 0 Å². The van der Waals surface area contributed by atoms with Gasteiger partial charge in [0.25, 0.3) is 0 Å². The largest absolute Gasteiger partial charge is 0.304 e. The van der Waals surface area contributed by atoms with Gasteiger partial charge in [0.2, 0.25) is 0 Å². The fourth-order valence-corrected chi connectivity index (χ4v) is 2.20. The van der Waals surface area contributed by atoms with Gasteiger partial charge < -0.3 is 5.32 Å². The maximum absolute atomic E-state index is 6.19. The van der Waals surface area contributed by atoms with Crippen molar-refractivity contribution in [1.82, 2.24) is 20.3 Å². The molecule has 0 amide bonds. The van der Waals surface area contributed by atoms with Crippen molar-refractivity contribution in [1.29, 1.82) is 0 Å². The molecule has 1 aromatic heterocycles. The van der Waals surface area contributed by atoms with Crippen LogP contribution in [0.4, 0.5) is 0 Å². The molecule has 0 bridgehead atoms. The van der Waals surface area contributed by atoms with Crippen molar-refractivity contribution in [2.75, 3.05) is 0 Å². The smallest absolute Gasteiger partial charge is 0.0965 e. The predicted molar refractivity (Wildman–Crippen MR) is 81.7 cm³/mol. The zero-order valence-corrected chi connectivity index (χ0v) is 13.1. The third kappa shape index (κ3) is 3.58. The number of halogens is 1. The topological polar surface area (TPSA) is 42.7 Å². The molecular weight excluding hydrogens is 272 g/mol. The quantitative estimate of drug-likeness (QED) is 0.937. The molecule has 0 saturated carbocycles. The summed E-state index contributed by atoms with van der Waals surface area (Å²) in [6, 6.07) is 8.04. The van der Waals surface area contributed by atoms with Gasteiger partial charge in [-0.1, -0.05) is 35.0 Å². The lowest BCUT2D eigenvalue weighted by Crippen LogP contribution is -2.22. The standard InChI is InChI=1S/C15H21ClN4/c1-11(13-7-5-6-8-14(13)16)17-9-12-10-20(19-18-12)15(2,3)4/h5-8,10-11,17H,9H2,1-4H3. The minimum Gasteiger partial charge on any atom is -0.304 e. The lowest BCUT2D eigenvalue weighted by Gasteiger charge is -2.17. The van der Waals surface area contributed by atoms with Gasteiger partial charge in [0.1, 0.15) is 0 Å². The van der Waals surface area contributed by atoms with Gasteiger partial charge in [-0.2, -0.15) is 0 Å². The molecule has 1 atom stereocenters. The van der Waals surface area contributed by atoms with Gasteiger partial charge in [0, 0.05) is 17.6 Å². The zero-order chi connectivity index (χ0) is 14.8. The summed E-state index contributed by atoms with van der Waals surface area (Å²) in [7, 11) is 0. The van der Waals surface area contributed by atoms with Crippen LogP contribution in [0.15, 0.2) is 30.5 Å². The van der Waals surface area contributed by atoms with Gasteiger partial charge in [0.15, 0.2) is 0 Å². The summed E-state index contributed by atoms with van der Waals surface area (Å²) in [5, 5.41) is 12.5. The van der Waals surface area contributed by atoms with Crippen molar-refractivity contribution in [2.45, 2.75) is 45.8 Å². The van der Waals surface area contributed by atoms with Crippen LogP contribution in [0.1, 0.15) is 45.0 Å². The van der Waals surface area contributed by atoms with Gasteiger partial charge in [-0.3, -0.25) is 0 Å². The molecule has 5 heteroatoms. The van der Waals surface area contributed by atoms with Crippen molar-refractivity contribution in [3.05, 3.63) is 46.7 Å². The van der Waals surface area contributed by atoms with E-state index in [0.29, 0.717) is 6.54 Å². The summed E-state index contributed by atoms with van der Waals surface area (Å²) in [5.74, 6) is 0. The van der Waals surface area contributed by atoms with E-state index in [1.165, 1.54) is 0 Å². The van der Waals surface area contributed by atoms with Gasteiger partial charge >= 0.3 is 0 Å². The minimum atomic E-state index is -0.0421. The minimum absolute atomic E-state index is 0.0421. The SMILES string of the molecule is CC(NCc1cn(C(C)(C)C)nn1)c1ccccc1Cl. The van der Waals surface area contributed by atoms with Crippen molar-refractivity contribution < 1.29 is 0 Å². The molecule has 1 aromatic carbocycles. The number of nitrogens with zero attached hydrogens (tertiary/aromatic N) is 3. The Hall–Kier alpha value is -1.39. The molecular formula is C15H21ClN4. The predicted octanol–water partition coefficient (Wildman–Crippen LogP) is 3.54. The van der Waals surface area contributed by atoms with Crippen molar-refractivity contribution in [3.8, 4) is 0 Å². The number of hydrogen-bond donors (Lipinski definition) is 1. The summed E-state index contributed by atoms with van der Waals surface area (Å²) in [5.41, 5.74) is 1.98. The van der Waals surface area contributed by atoms with Gasteiger partial charge in [-0.25, -0.2) is 4.68 Å². The van der Waals surface area contributed by atoms with E-state index in [4.69, 9.17) is 11.6 Å². The van der Waals surface area contributed by atoms with E-state index in [-0.39, 0.29) is 11.6 Å². The Labute approximate surface area is 125 Å². The second kappa shape index (κ2) is 5.94. The number of benzene rings is 1. The number of rotatable bonds is 4. The molecule has 0 saturated heterocycles. The first-order chi connectivity index (χ1) is 9.38. The molecule has 20 heavy (non-hydrogen) atoms. The lowest BCUT2D eigenvalue weighted by molar-refractivity contribution is 0.347. The molecule has 1 heterocycles. The highest BCUT2D eigenvalue weighted by Gasteiger charge is 2.15. The Morgan fingerprint density at radius 3 is 2.60 bits per heavy atom. The van der Waals surface area contributed by atoms with E-state index in [1.54, 1.807) is 0 Å². The monoisotopic (exact) mass is 292 g/mol. The number of nitrogens with one attached hydrogen (secondary N) is 1. The molecule has 0 aliphatic carbocycles.